The molecule has 0 N–H and O–H groups in total. The van der Waals surface area contributed by atoms with E-state index in [1.807, 2.05) is 12.1 Å². The number of carbonyl (C=O) groups excluding carboxylic acids is 1. The Bertz CT molecular complexity index is 869. The van der Waals surface area contributed by atoms with Crippen LogP contribution in [0.5, 0.6) is 5.19 Å². The molecular weight excluding hydrogens is 432 g/mol. The molecule has 8 heteroatoms. The fourth-order valence-corrected chi connectivity index (χ4v) is 5.74. The number of fused-ring (bicyclic) bond motifs is 1. The third-order valence-electron chi connectivity index (χ3n) is 6.58. The molecule has 0 spiro atoms. The van der Waals surface area contributed by atoms with Crippen LogP contribution >= 0.6 is 11.3 Å². The van der Waals surface area contributed by atoms with Crippen LogP contribution in [0.15, 0.2) is 24.5 Å². The molecule has 3 heterocycles. The number of pyridine rings is 1. The van der Waals surface area contributed by atoms with Crippen molar-refractivity contribution in [2.75, 3.05) is 19.7 Å². The number of hydrogen-bond acceptors (Lipinski definition) is 6. The predicted molar refractivity (Wildman–Crippen MR) is 120 cm³/mol. The Morgan fingerprint density at radius 1 is 1.25 bits per heavy atom. The number of thiazole rings is 1. The minimum absolute atomic E-state index is 0.325. The second kappa shape index (κ2) is 11.3. The van der Waals surface area contributed by atoms with Crippen LogP contribution in [0.25, 0.3) is 0 Å². The Kier molecular flexibility index (Phi) is 8.19. The maximum absolute atomic E-state index is 12.4. The highest BCUT2D eigenvalue weighted by molar-refractivity contribution is 7.13. The summed E-state index contributed by atoms with van der Waals surface area (Å²) in [6.45, 7) is 2.22. The third kappa shape index (κ3) is 6.78. The van der Waals surface area contributed by atoms with Crippen molar-refractivity contribution in [3.63, 3.8) is 0 Å². The first-order valence-electron chi connectivity index (χ1n) is 11.6. The Morgan fingerprint density at radius 2 is 2.06 bits per heavy atom. The summed E-state index contributed by atoms with van der Waals surface area (Å²) >= 11 is 1.41. The minimum Gasteiger partial charge on any atom is -0.464 e. The zero-order valence-electron chi connectivity index (χ0n) is 18.3. The molecule has 174 valence electrons. The average molecular weight is 464 g/mol. The van der Waals surface area contributed by atoms with Crippen molar-refractivity contribution in [1.29, 1.82) is 0 Å². The molecule has 0 unspecified atom stereocenters. The lowest BCUT2D eigenvalue weighted by molar-refractivity contribution is -0.119. The Hall–Kier alpha value is -1.93. The third-order valence-corrected chi connectivity index (χ3v) is 7.65. The first-order valence-corrected chi connectivity index (χ1v) is 12.4. The minimum atomic E-state index is -2.47. The molecule has 0 amide bonds. The molecule has 1 aliphatic carbocycles. The van der Waals surface area contributed by atoms with Crippen molar-refractivity contribution >= 4 is 17.1 Å². The van der Waals surface area contributed by atoms with E-state index in [1.165, 1.54) is 35.5 Å². The average Bonchev–Trinajstić information content (AvgIpc) is 3.20. The molecule has 0 aromatic carbocycles. The van der Waals surface area contributed by atoms with Gasteiger partial charge >= 0.3 is 0 Å². The maximum Gasteiger partial charge on any atom is 0.273 e. The summed E-state index contributed by atoms with van der Waals surface area (Å²) in [6.07, 6.45) is 9.00. The number of nitrogens with zero attached hydrogens (tertiary/aromatic N) is 3. The molecule has 2 aliphatic rings. The van der Waals surface area contributed by atoms with Gasteiger partial charge < -0.3 is 4.74 Å². The first kappa shape index (κ1) is 23.2. The van der Waals surface area contributed by atoms with E-state index in [0.717, 1.165) is 56.1 Å². The van der Waals surface area contributed by atoms with Crippen LogP contribution < -0.4 is 4.74 Å². The van der Waals surface area contributed by atoms with Crippen LogP contribution in [0.2, 0.25) is 0 Å². The van der Waals surface area contributed by atoms with Crippen molar-refractivity contribution in [2.24, 2.45) is 11.8 Å². The number of Topliss-reactive ketones (excluding diaryl/α,β-unsaturated/α-hetero) is 1. The highest BCUT2D eigenvalue weighted by atomic mass is 32.1. The van der Waals surface area contributed by atoms with Crippen molar-refractivity contribution in [3.8, 4) is 5.19 Å². The molecule has 32 heavy (non-hydrogen) atoms. The van der Waals surface area contributed by atoms with E-state index < -0.39 is 13.0 Å². The molecule has 5 nitrogen and oxygen atoms in total. The fraction of sp³-hybridized carbons (Fsp3) is 0.625. The van der Waals surface area contributed by atoms with E-state index in [0.29, 0.717) is 29.7 Å². The van der Waals surface area contributed by atoms with Crippen molar-refractivity contribution in [3.05, 3.63) is 40.7 Å². The molecule has 1 aliphatic heterocycles. The summed E-state index contributed by atoms with van der Waals surface area (Å²) in [5, 5.41) is 0.369. The van der Waals surface area contributed by atoms with Crippen LogP contribution in [0.4, 0.5) is 8.78 Å². The van der Waals surface area contributed by atoms with E-state index in [4.69, 9.17) is 4.74 Å². The Morgan fingerprint density at radius 3 is 2.81 bits per heavy atom. The SMILES string of the molecule is O=C(Cc1cccnc1)CC1CCC(CCN2CCc3sc(OCC(F)F)nc3C2)CC1. The summed E-state index contributed by atoms with van der Waals surface area (Å²) < 4.78 is 29.8. The number of aromatic nitrogens is 2. The zero-order valence-corrected chi connectivity index (χ0v) is 19.2. The van der Waals surface area contributed by atoms with Crippen LogP contribution in [-0.2, 0) is 24.2 Å². The standard InChI is InChI=1S/C24H31F2N3O2S/c25-23(26)16-31-24-28-21-15-29(11-8-22(21)32-24)10-7-17-3-5-18(6-4-17)12-20(30)13-19-2-1-9-27-14-19/h1-2,9,14,17-18,23H,3-8,10-13,15-16H2. The van der Waals surface area contributed by atoms with E-state index in [-0.39, 0.29) is 0 Å². The summed E-state index contributed by atoms with van der Waals surface area (Å²) in [7, 11) is 0. The smallest absolute Gasteiger partial charge is 0.273 e. The quantitative estimate of drug-likeness (QED) is 0.500. The molecule has 2 aromatic rings. The molecule has 0 saturated heterocycles. The van der Waals surface area contributed by atoms with Crippen molar-refractivity contribution in [1.82, 2.24) is 14.9 Å². The molecule has 1 fully saturated rings. The van der Waals surface area contributed by atoms with E-state index >= 15 is 0 Å². The van der Waals surface area contributed by atoms with Crippen LogP contribution in [0.3, 0.4) is 0 Å². The Labute approximate surface area is 192 Å². The highest BCUT2D eigenvalue weighted by Gasteiger charge is 2.25. The molecule has 1 saturated carbocycles. The fourth-order valence-electron chi connectivity index (χ4n) is 4.83. The monoisotopic (exact) mass is 463 g/mol. The van der Waals surface area contributed by atoms with E-state index in [9.17, 15) is 13.6 Å². The molecule has 0 bridgehead atoms. The maximum atomic E-state index is 12.4. The van der Waals surface area contributed by atoms with Gasteiger partial charge in [-0.1, -0.05) is 30.2 Å². The van der Waals surface area contributed by atoms with E-state index in [2.05, 4.69) is 14.9 Å². The van der Waals surface area contributed by atoms with Gasteiger partial charge in [-0.3, -0.25) is 14.7 Å². The number of halogens is 2. The zero-order chi connectivity index (χ0) is 22.3. The number of alkyl halides is 2. The van der Waals surface area contributed by atoms with Gasteiger partial charge in [-0.25, -0.2) is 13.8 Å². The number of rotatable bonds is 10. The van der Waals surface area contributed by atoms with Crippen LogP contribution in [-0.4, -0.2) is 46.8 Å². The molecule has 2 aromatic heterocycles. The molecule has 0 radical (unpaired) electrons. The van der Waals surface area contributed by atoms with Crippen LogP contribution in [0.1, 0.15) is 54.7 Å². The second-order valence-electron chi connectivity index (χ2n) is 9.03. The van der Waals surface area contributed by atoms with Crippen LogP contribution in [0, 0.1) is 11.8 Å². The Balaban J connectivity index is 1.14. The predicted octanol–water partition coefficient (Wildman–Crippen LogP) is 4.94. The van der Waals surface area contributed by atoms with Crippen molar-refractivity contribution in [2.45, 2.75) is 64.3 Å². The number of hydrogen-bond donors (Lipinski definition) is 0. The first-order chi connectivity index (χ1) is 15.5. The summed E-state index contributed by atoms with van der Waals surface area (Å²) in [5.74, 6) is 1.57. The summed E-state index contributed by atoms with van der Waals surface area (Å²) in [5.41, 5.74) is 1.99. The molecule has 0 atom stereocenters. The van der Waals surface area contributed by atoms with Gasteiger partial charge in [0.05, 0.1) is 5.69 Å². The van der Waals surface area contributed by atoms with Gasteiger partial charge in [-0.15, -0.1) is 0 Å². The van der Waals surface area contributed by atoms with Gasteiger partial charge in [-0.2, -0.15) is 0 Å². The van der Waals surface area contributed by atoms with Gasteiger partial charge in [0, 0.05) is 43.2 Å². The van der Waals surface area contributed by atoms with Gasteiger partial charge in [0.15, 0.2) is 6.61 Å². The second-order valence-corrected chi connectivity index (χ2v) is 10.1. The molecular formula is C24H31F2N3O2S. The van der Waals surface area contributed by atoms with E-state index in [1.54, 1.807) is 12.4 Å². The van der Waals surface area contributed by atoms with Gasteiger partial charge in [0.2, 0.25) is 0 Å². The normalized spacial score (nSPS) is 21.5. The molecule has 4 rings (SSSR count). The highest BCUT2D eigenvalue weighted by Crippen LogP contribution is 2.34. The number of ether oxygens (including phenoxy) is 1. The van der Waals surface area contributed by atoms with Gasteiger partial charge in [0.1, 0.15) is 5.78 Å². The van der Waals surface area contributed by atoms with Gasteiger partial charge in [-0.05, 0) is 55.7 Å². The lowest BCUT2D eigenvalue weighted by Crippen LogP contribution is -2.32. The number of carbonyl (C=O) groups is 1. The largest absolute Gasteiger partial charge is 0.464 e. The van der Waals surface area contributed by atoms with Crippen molar-refractivity contribution < 1.29 is 18.3 Å². The summed E-state index contributed by atoms with van der Waals surface area (Å²) in [6, 6.07) is 3.85. The summed E-state index contributed by atoms with van der Waals surface area (Å²) in [4.78, 5) is 24.5. The topological polar surface area (TPSA) is 55.3 Å². The van der Waals surface area contributed by atoms with Gasteiger partial charge in [0.25, 0.3) is 11.6 Å². The lowest BCUT2D eigenvalue weighted by atomic mass is 9.78. The number of ketones is 1. The lowest BCUT2D eigenvalue weighted by Gasteiger charge is -2.31.